The van der Waals surface area contributed by atoms with Gasteiger partial charge in [0.1, 0.15) is 23.5 Å². The zero-order valence-electron chi connectivity index (χ0n) is 21.8. The fraction of sp³-hybridized carbons (Fsp3) is 0.172. The molecule has 12 heteroatoms. The van der Waals surface area contributed by atoms with E-state index in [1.54, 1.807) is 59.8 Å². The molecular weight excluding hydrogens is 547 g/mol. The highest BCUT2D eigenvalue weighted by atomic mass is 32.1. The van der Waals surface area contributed by atoms with Gasteiger partial charge in [-0.1, -0.05) is 24.3 Å². The number of imide groups is 1. The van der Waals surface area contributed by atoms with Gasteiger partial charge in [-0.05, 0) is 42.3 Å². The van der Waals surface area contributed by atoms with Crippen LogP contribution >= 0.6 is 11.3 Å². The molecule has 0 radical (unpaired) electrons. The summed E-state index contributed by atoms with van der Waals surface area (Å²) in [5, 5.41) is 7.46. The first-order valence-electron chi connectivity index (χ1n) is 12.7. The number of halogens is 1. The molecule has 2 aliphatic rings. The van der Waals surface area contributed by atoms with Crippen LogP contribution in [0, 0.1) is 5.82 Å². The summed E-state index contributed by atoms with van der Waals surface area (Å²) in [6, 6.07) is 13.5. The molecule has 4 aromatic rings. The number of likely N-dealkylation sites (N-methyl/N-ethyl adjacent to an activating group) is 1. The number of hydrogen-bond acceptors (Lipinski definition) is 8. The SMILES string of the molecule is CN1CC(=O)Nc2ncnc(-c3csc(C(=O)NC(Cc4cccc(F)c4)CN4C(=O)c5ccccc5C4=O)c3)c21. The highest BCUT2D eigenvalue weighted by Crippen LogP contribution is 2.37. The molecule has 2 aromatic heterocycles. The van der Waals surface area contributed by atoms with E-state index in [0.29, 0.717) is 44.3 Å². The number of fused-ring (bicyclic) bond motifs is 2. The molecule has 2 N–H and O–H groups in total. The third-order valence-corrected chi connectivity index (χ3v) is 7.86. The Morgan fingerprint density at radius 2 is 1.83 bits per heavy atom. The Bertz CT molecular complexity index is 1690. The highest BCUT2D eigenvalue weighted by molar-refractivity contribution is 7.12. The van der Waals surface area contributed by atoms with E-state index < -0.39 is 29.6 Å². The quantitative estimate of drug-likeness (QED) is 0.327. The van der Waals surface area contributed by atoms with Crippen LogP contribution in [0.3, 0.4) is 0 Å². The van der Waals surface area contributed by atoms with Crippen LogP contribution in [0.15, 0.2) is 66.3 Å². The normalized spacial score (nSPS) is 14.9. The van der Waals surface area contributed by atoms with Crippen molar-refractivity contribution in [2.45, 2.75) is 12.5 Å². The molecule has 10 nitrogen and oxygen atoms in total. The largest absolute Gasteiger partial charge is 0.361 e. The Labute approximate surface area is 237 Å². The molecule has 41 heavy (non-hydrogen) atoms. The molecule has 0 bridgehead atoms. The van der Waals surface area contributed by atoms with Gasteiger partial charge in [0.15, 0.2) is 5.82 Å². The monoisotopic (exact) mass is 570 g/mol. The topological polar surface area (TPSA) is 125 Å². The van der Waals surface area contributed by atoms with Gasteiger partial charge in [-0.25, -0.2) is 14.4 Å². The zero-order chi connectivity index (χ0) is 28.7. The lowest BCUT2D eigenvalue weighted by Crippen LogP contribution is -2.46. The average molecular weight is 571 g/mol. The van der Waals surface area contributed by atoms with E-state index in [1.165, 1.54) is 29.8 Å². The van der Waals surface area contributed by atoms with E-state index in [-0.39, 0.29) is 25.4 Å². The fourth-order valence-corrected chi connectivity index (χ4v) is 5.87. The Kier molecular flexibility index (Phi) is 6.75. The van der Waals surface area contributed by atoms with Crippen LogP contribution in [0.4, 0.5) is 15.9 Å². The first kappa shape index (κ1) is 26.3. The lowest BCUT2D eigenvalue weighted by Gasteiger charge is -2.27. The van der Waals surface area contributed by atoms with Gasteiger partial charge < -0.3 is 15.5 Å². The molecular formula is C29H23FN6O4S. The van der Waals surface area contributed by atoms with Gasteiger partial charge in [0.05, 0.1) is 28.6 Å². The van der Waals surface area contributed by atoms with Crippen LogP contribution in [-0.4, -0.2) is 64.7 Å². The number of carbonyl (C=O) groups is 4. The Morgan fingerprint density at radius 1 is 1.07 bits per heavy atom. The number of aromatic nitrogens is 2. The Balaban J connectivity index is 1.25. The smallest absolute Gasteiger partial charge is 0.261 e. The summed E-state index contributed by atoms with van der Waals surface area (Å²) < 4.78 is 13.9. The van der Waals surface area contributed by atoms with Crippen LogP contribution in [0.5, 0.6) is 0 Å². The predicted molar refractivity (Wildman–Crippen MR) is 150 cm³/mol. The molecule has 4 amide bonds. The summed E-state index contributed by atoms with van der Waals surface area (Å²) in [5.74, 6) is -1.51. The molecule has 0 saturated heterocycles. The first-order valence-corrected chi connectivity index (χ1v) is 13.6. The molecule has 1 atom stereocenters. The van der Waals surface area contributed by atoms with E-state index in [2.05, 4.69) is 20.6 Å². The van der Waals surface area contributed by atoms with Gasteiger partial charge in [0.25, 0.3) is 17.7 Å². The van der Waals surface area contributed by atoms with Crippen LogP contribution in [0.25, 0.3) is 11.3 Å². The van der Waals surface area contributed by atoms with E-state index >= 15 is 0 Å². The number of rotatable bonds is 7. The van der Waals surface area contributed by atoms with Gasteiger partial charge in [0, 0.05) is 24.5 Å². The number of hydrogen-bond donors (Lipinski definition) is 2. The number of carbonyl (C=O) groups excluding carboxylic acids is 4. The van der Waals surface area contributed by atoms with Crippen LogP contribution in [0.2, 0.25) is 0 Å². The van der Waals surface area contributed by atoms with Gasteiger partial charge >= 0.3 is 0 Å². The first-order chi connectivity index (χ1) is 19.8. The van der Waals surface area contributed by atoms with Gasteiger partial charge in [0.2, 0.25) is 5.91 Å². The third-order valence-electron chi connectivity index (χ3n) is 6.93. The number of nitrogens with one attached hydrogen (secondary N) is 2. The van der Waals surface area contributed by atoms with Crippen molar-refractivity contribution >= 4 is 46.5 Å². The van der Waals surface area contributed by atoms with E-state index in [4.69, 9.17) is 0 Å². The molecule has 2 aliphatic heterocycles. The maximum absolute atomic E-state index is 13.9. The molecule has 0 aliphatic carbocycles. The molecule has 206 valence electrons. The lowest BCUT2D eigenvalue weighted by molar-refractivity contribution is -0.115. The molecule has 2 aromatic carbocycles. The summed E-state index contributed by atoms with van der Waals surface area (Å²) in [6.45, 7) is 0.0567. The number of nitrogens with zero attached hydrogens (tertiary/aromatic N) is 4. The van der Waals surface area contributed by atoms with Crippen LogP contribution < -0.4 is 15.5 Å². The van der Waals surface area contributed by atoms with Crippen molar-refractivity contribution in [3.05, 3.63) is 93.7 Å². The van der Waals surface area contributed by atoms with Crippen LogP contribution in [-0.2, 0) is 11.2 Å². The maximum atomic E-state index is 13.9. The molecule has 1 unspecified atom stereocenters. The average Bonchev–Trinajstić information content (AvgIpc) is 3.53. The van der Waals surface area contributed by atoms with Crippen molar-refractivity contribution in [1.29, 1.82) is 0 Å². The van der Waals surface area contributed by atoms with E-state index in [9.17, 15) is 23.6 Å². The summed E-state index contributed by atoms with van der Waals surface area (Å²) in [6.07, 6.45) is 1.54. The van der Waals surface area contributed by atoms with Gasteiger partial charge in [-0.2, -0.15) is 0 Å². The molecule has 4 heterocycles. The van der Waals surface area contributed by atoms with Crippen molar-refractivity contribution in [2.75, 3.05) is 30.4 Å². The lowest BCUT2D eigenvalue weighted by atomic mass is 10.0. The molecule has 0 saturated carbocycles. The molecule has 0 fully saturated rings. The predicted octanol–water partition coefficient (Wildman–Crippen LogP) is 3.37. The second-order valence-electron chi connectivity index (χ2n) is 9.79. The minimum absolute atomic E-state index is 0.0866. The van der Waals surface area contributed by atoms with E-state index in [1.807, 2.05) is 0 Å². The minimum atomic E-state index is -0.690. The third kappa shape index (κ3) is 5.05. The number of benzene rings is 2. The van der Waals surface area contributed by atoms with E-state index in [0.717, 1.165) is 4.90 Å². The Morgan fingerprint density at radius 3 is 2.56 bits per heavy atom. The Hall–Kier alpha value is -4.97. The van der Waals surface area contributed by atoms with Crippen molar-refractivity contribution in [2.24, 2.45) is 0 Å². The number of anilines is 2. The summed E-state index contributed by atoms with van der Waals surface area (Å²) in [7, 11) is 1.76. The molecule has 6 rings (SSSR count). The summed E-state index contributed by atoms with van der Waals surface area (Å²) in [4.78, 5) is 63.2. The maximum Gasteiger partial charge on any atom is 0.261 e. The van der Waals surface area contributed by atoms with Crippen LogP contribution in [0.1, 0.15) is 36.0 Å². The number of thiophene rings is 1. The van der Waals surface area contributed by atoms with Gasteiger partial charge in [-0.3, -0.25) is 24.1 Å². The summed E-state index contributed by atoms with van der Waals surface area (Å²) >= 11 is 1.20. The van der Waals surface area contributed by atoms with Crippen molar-refractivity contribution in [1.82, 2.24) is 20.2 Å². The molecule has 0 spiro atoms. The number of amides is 4. The zero-order valence-corrected chi connectivity index (χ0v) is 22.6. The van der Waals surface area contributed by atoms with Gasteiger partial charge in [-0.15, -0.1) is 11.3 Å². The van der Waals surface area contributed by atoms with Crippen molar-refractivity contribution in [3.8, 4) is 11.3 Å². The second kappa shape index (κ2) is 10.5. The summed E-state index contributed by atoms with van der Waals surface area (Å²) in [5.41, 5.74) is 3.11. The second-order valence-corrected chi connectivity index (χ2v) is 10.7. The fourth-order valence-electron chi connectivity index (χ4n) is 5.08. The van der Waals surface area contributed by atoms with Crippen molar-refractivity contribution < 1.29 is 23.6 Å². The van der Waals surface area contributed by atoms with Crippen molar-refractivity contribution in [3.63, 3.8) is 0 Å². The minimum Gasteiger partial charge on any atom is -0.361 e. The highest BCUT2D eigenvalue weighted by Gasteiger charge is 2.37. The standard InChI is InChI=1S/C29H23FN6O4S/c1-35-13-23(37)34-26-25(35)24(31-15-32-26)17-11-22(41-14-17)27(38)33-19(10-16-5-4-6-18(30)9-16)12-36-28(39)20-7-2-3-8-21(20)29(36)40/h2-9,11,14-15,19H,10,12-13H2,1H3,(H,33,38)(H,31,32,34,37).